The Hall–Kier alpha value is -0.860. The largest absolute Gasteiger partial charge is 0.313 e. The van der Waals surface area contributed by atoms with E-state index >= 15 is 0 Å². The van der Waals surface area contributed by atoms with Gasteiger partial charge in [0.2, 0.25) is 0 Å². The van der Waals surface area contributed by atoms with E-state index in [4.69, 9.17) is 0 Å². The lowest BCUT2D eigenvalue weighted by molar-refractivity contribution is 0.314. The molecule has 1 aromatic carbocycles. The number of hydrogen-bond acceptors (Lipinski definition) is 2. The Balaban J connectivity index is 1.85. The molecule has 0 aromatic heterocycles. The van der Waals surface area contributed by atoms with Crippen molar-refractivity contribution in [2.24, 2.45) is 0 Å². The molecule has 0 radical (unpaired) electrons. The maximum Gasteiger partial charge on any atom is 0.0329 e. The molecule has 0 unspecified atom stereocenters. The van der Waals surface area contributed by atoms with E-state index in [1.807, 2.05) is 0 Å². The Morgan fingerprint density at radius 2 is 1.88 bits per heavy atom. The zero-order valence-electron chi connectivity index (χ0n) is 10.2. The molecular weight excluding hydrogens is 196 g/mol. The van der Waals surface area contributed by atoms with Gasteiger partial charge in [0.1, 0.15) is 0 Å². The van der Waals surface area contributed by atoms with E-state index in [-0.39, 0.29) is 0 Å². The third kappa shape index (κ3) is 3.06. The van der Waals surface area contributed by atoms with E-state index in [1.165, 1.54) is 44.5 Å². The molecule has 1 saturated heterocycles. The highest BCUT2D eigenvalue weighted by molar-refractivity contribution is 5.18. The smallest absolute Gasteiger partial charge is 0.0329 e. The molecular formula is C14H22N2. The van der Waals surface area contributed by atoms with Crippen LogP contribution in [0, 0.1) is 0 Å². The van der Waals surface area contributed by atoms with Crippen molar-refractivity contribution in [1.82, 2.24) is 10.2 Å². The Kier molecular flexibility index (Phi) is 4.37. The monoisotopic (exact) mass is 218 g/mol. The number of likely N-dealkylation sites (tertiary alicyclic amines) is 1. The molecule has 0 amide bonds. The van der Waals surface area contributed by atoms with Crippen LogP contribution in [0.1, 0.15) is 30.9 Å². The summed E-state index contributed by atoms with van der Waals surface area (Å²) in [6.07, 6.45) is 3.98. The molecule has 0 bridgehead atoms. The predicted octanol–water partition coefficient (Wildman–Crippen LogP) is 2.43. The van der Waals surface area contributed by atoms with Gasteiger partial charge in [0.15, 0.2) is 0 Å². The number of hydrogen-bond donors (Lipinski definition) is 1. The molecule has 0 aliphatic carbocycles. The SMILES string of the molecule is CN[C@@H](CCN1CCCC1)c1ccccc1. The van der Waals surface area contributed by atoms with Crippen LogP contribution in [0.3, 0.4) is 0 Å². The van der Waals surface area contributed by atoms with Crippen LogP contribution in [0.4, 0.5) is 0 Å². The molecule has 88 valence electrons. The van der Waals surface area contributed by atoms with Gasteiger partial charge in [-0.3, -0.25) is 0 Å². The zero-order chi connectivity index (χ0) is 11.2. The summed E-state index contributed by atoms with van der Waals surface area (Å²) < 4.78 is 0. The van der Waals surface area contributed by atoms with Crippen molar-refractivity contribution < 1.29 is 0 Å². The summed E-state index contributed by atoms with van der Waals surface area (Å²) in [5.41, 5.74) is 1.41. The van der Waals surface area contributed by atoms with Crippen LogP contribution in [-0.4, -0.2) is 31.6 Å². The normalized spacial score (nSPS) is 18.8. The van der Waals surface area contributed by atoms with Crippen LogP contribution < -0.4 is 5.32 Å². The number of rotatable bonds is 5. The van der Waals surface area contributed by atoms with Crippen LogP contribution in [-0.2, 0) is 0 Å². The summed E-state index contributed by atoms with van der Waals surface area (Å²) in [6, 6.07) is 11.2. The van der Waals surface area contributed by atoms with Crippen molar-refractivity contribution >= 4 is 0 Å². The molecule has 0 spiro atoms. The van der Waals surface area contributed by atoms with Crippen molar-refractivity contribution in [2.45, 2.75) is 25.3 Å². The fourth-order valence-corrected chi connectivity index (χ4v) is 2.48. The zero-order valence-corrected chi connectivity index (χ0v) is 10.2. The summed E-state index contributed by atoms with van der Waals surface area (Å²) in [5.74, 6) is 0. The molecule has 2 nitrogen and oxygen atoms in total. The van der Waals surface area contributed by atoms with E-state index in [0.29, 0.717) is 6.04 Å². The quantitative estimate of drug-likeness (QED) is 0.816. The van der Waals surface area contributed by atoms with E-state index in [2.05, 4.69) is 47.6 Å². The third-order valence-electron chi connectivity index (χ3n) is 3.48. The minimum absolute atomic E-state index is 0.502. The van der Waals surface area contributed by atoms with Crippen molar-refractivity contribution in [1.29, 1.82) is 0 Å². The van der Waals surface area contributed by atoms with Crippen LogP contribution in [0.25, 0.3) is 0 Å². The summed E-state index contributed by atoms with van der Waals surface area (Å²) >= 11 is 0. The van der Waals surface area contributed by atoms with E-state index in [9.17, 15) is 0 Å². The third-order valence-corrected chi connectivity index (χ3v) is 3.48. The predicted molar refractivity (Wildman–Crippen MR) is 68.5 cm³/mol. The molecule has 16 heavy (non-hydrogen) atoms. The van der Waals surface area contributed by atoms with Gasteiger partial charge in [-0.2, -0.15) is 0 Å². The van der Waals surface area contributed by atoms with Gasteiger partial charge in [0.05, 0.1) is 0 Å². The van der Waals surface area contributed by atoms with Crippen molar-refractivity contribution in [2.75, 3.05) is 26.7 Å². The average molecular weight is 218 g/mol. The van der Waals surface area contributed by atoms with E-state index in [0.717, 1.165) is 0 Å². The Labute approximate surface area is 98.7 Å². The van der Waals surface area contributed by atoms with Gasteiger partial charge in [0, 0.05) is 6.04 Å². The first-order valence-corrected chi connectivity index (χ1v) is 6.34. The van der Waals surface area contributed by atoms with Crippen molar-refractivity contribution in [3.05, 3.63) is 35.9 Å². The van der Waals surface area contributed by atoms with Gasteiger partial charge < -0.3 is 10.2 Å². The molecule has 1 fully saturated rings. The van der Waals surface area contributed by atoms with Gasteiger partial charge >= 0.3 is 0 Å². The minimum atomic E-state index is 0.502. The standard InChI is InChI=1S/C14H22N2/c1-15-14(13-7-3-2-4-8-13)9-12-16-10-5-6-11-16/h2-4,7-8,14-15H,5-6,9-12H2,1H3/t14-/m0/s1. The van der Waals surface area contributed by atoms with Crippen LogP contribution >= 0.6 is 0 Å². The Morgan fingerprint density at radius 1 is 1.19 bits per heavy atom. The highest BCUT2D eigenvalue weighted by Crippen LogP contribution is 2.17. The molecule has 1 heterocycles. The molecule has 1 aliphatic rings. The van der Waals surface area contributed by atoms with Crippen LogP contribution in [0.2, 0.25) is 0 Å². The Bertz CT molecular complexity index is 291. The second-order valence-electron chi connectivity index (χ2n) is 4.59. The first-order valence-electron chi connectivity index (χ1n) is 6.34. The molecule has 1 aromatic rings. The summed E-state index contributed by atoms with van der Waals surface area (Å²) in [4.78, 5) is 2.58. The molecule has 2 heteroatoms. The second kappa shape index (κ2) is 6.02. The molecule has 1 atom stereocenters. The average Bonchev–Trinajstić information content (AvgIpc) is 2.84. The maximum absolute atomic E-state index is 3.42. The summed E-state index contributed by atoms with van der Waals surface area (Å²) in [6.45, 7) is 3.82. The first-order chi connectivity index (χ1) is 7.90. The fourth-order valence-electron chi connectivity index (χ4n) is 2.48. The summed E-state index contributed by atoms with van der Waals surface area (Å²) in [7, 11) is 2.06. The second-order valence-corrected chi connectivity index (χ2v) is 4.59. The molecule has 1 aliphatic heterocycles. The lowest BCUT2D eigenvalue weighted by Gasteiger charge is -2.21. The molecule has 2 rings (SSSR count). The topological polar surface area (TPSA) is 15.3 Å². The van der Waals surface area contributed by atoms with Crippen LogP contribution in [0.5, 0.6) is 0 Å². The van der Waals surface area contributed by atoms with Gasteiger partial charge in [0.25, 0.3) is 0 Å². The van der Waals surface area contributed by atoms with Gasteiger partial charge in [-0.1, -0.05) is 30.3 Å². The number of nitrogens with one attached hydrogen (secondary N) is 1. The lowest BCUT2D eigenvalue weighted by atomic mass is 10.0. The Morgan fingerprint density at radius 3 is 2.50 bits per heavy atom. The van der Waals surface area contributed by atoms with Crippen LogP contribution in [0.15, 0.2) is 30.3 Å². The summed E-state index contributed by atoms with van der Waals surface area (Å²) in [5, 5.41) is 3.42. The van der Waals surface area contributed by atoms with Crippen molar-refractivity contribution in [3.63, 3.8) is 0 Å². The number of benzene rings is 1. The minimum Gasteiger partial charge on any atom is -0.313 e. The molecule has 1 N–H and O–H groups in total. The highest BCUT2D eigenvalue weighted by atomic mass is 15.1. The maximum atomic E-state index is 3.42. The fraction of sp³-hybridized carbons (Fsp3) is 0.571. The van der Waals surface area contributed by atoms with Gasteiger partial charge in [-0.05, 0) is 51.5 Å². The van der Waals surface area contributed by atoms with Gasteiger partial charge in [-0.15, -0.1) is 0 Å². The first kappa shape index (κ1) is 11.6. The van der Waals surface area contributed by atoms with Crippen molar-refractivity contribution in [3.8, 4) is 0 Å². The van der Waals surface area contributed by atoms with E-state index in [1.54, 1.807) is 0 Å². The van der Waals surface area contributed by atoms with E-state index < -0.39 is 0 Å². The molecule has 0 saturated carbocycles. The highest BCUT2D eigenvalue weighted by Gasteiger charge is 2.14. The number of nitrogens with zero attached hydrogens (tertiary/aromatic N) is 1. The van der Waals surface area contributed by atoms with Gasteiger partial charge in [-0.25, -0.2) is 0 Å². The lowest BCUT2D eigenvalue weighted by Crippen LogP contribution is -2.26.